The Hall–Kier alpha value is 0.774. The quantitative estimate of drug-likeness (QED) is 0.351. The molecule has 1 atom stereocenters. The van der Waals surface area contributed by atoms with Gasteiger partial charge in [0.25, 0.3) is 0 Å². The van der Waals surface area contributed by atoms with Crippen molar-refractivity contribution < 1.29 is 46.5 Å². The molecule has 0 saturated carbocycles. The molecule has 0 spiro atoms. The molecule has 1 rings (SSSR count). The molecular weight excluding hydrogens is 227 g/mol. The Morgan fingerprint density at radius 1 is 1.42 bits per heavy atom. The van der Waals surface area contributed by atoms with E-state index in [0.29, 0.717) is 5.92 Å². The van der Waals surface area contributed by atoms with Crippen LogP contribution < -0.4 is 24.8 Å². The first-order valence-electron chi connectivity index (χ1n) is 3.63. The van der Waals surface area contributed by atoms with Crippen LogP contribution in [0.4, 0.5) is 0 Å². The molecule has 0 heterocycles. The predicted molar refractivity (Wildman–Crippen MR) is 40.0 cm³/mol. The fraction of sp³-hybridized carbons (Fsp3) is 0.556. The molecular formula is C9H13Cl2Ti. The molecule has 0 saturated heterocycles. The standard InChI is InChI=1S/C9H13.2ClH.Ti/c1-3-4-9-6-5-8(2)7-9;;;/h5-6,8H,3-4H2,1-2H3;2*1H;/q-1;;;+3/p-2. The van der Waals surface area contributed by atoms with Crippen molar-refractivity contribution in [2.75, 3.05) is 0 Å². The van der Waals surface area contributed by atoms with E-state index >= 15 is 0 Å². The molecule has 0 N–H and O–H groups in total. The van der Waals surface area contributed by atoms with Gasteiger partial charge in [-0.05, 0) is 0 Å². The molecule has 0 bridgehead atoms. The van der Waals surface area contributed by atoms with Gasteiger partial charge in [0.05, 0.1) is 0 Å². The molecule has 0 aromatic carbocycles. The summed E-state index contributed by atoms with van der Waals surface area (Å²) in [4.78, 5) is 0. The summed E-state index contributed by atoms with van der Waals surface area (Å²) in [5, 5.41) is 0. The average Bonchev–Trinajstić information content (AvgIpc) is 2.17. The second kappa shape index (κ2) is 9.86. The summed E-state index contributed by atoms with van der Waals surface area (Å²) in [6.45, 7) is 4.37. The fourth-order valence-corrected chi connectivity index (χ4v) is 1.07. The minimum absolute atomic E-state index is 0. The topological polar surface area (TPSA) is 0 Å². The molecule has 0 fully saturated rings. The van der Waals surface area contributed by atoms with Crippen molar-refractivity contribution in [3.05, 3.63) is 23.8 Å². The zero-order valence-corrected chi connectivity index (χ0v) is 10.5. The van der Waals surface area contributed by atoms with Crippen LogP contribution >= 0.6 is 0 Å². The van der Waals surface area contributed by atoms with Crippen LogP contribution in [0.1, 0.15) is 26.7 Å². The summed E-state index contributed by atoms with van der Waals surface area (Å²) in [5.41, 5.74) is 1.39. The normalized spacial score (nSPS) is 18.5. The SMILES string of the molecule is CCCC1=[C-]C(C)C=C1.[Cl-].[Cl-].[Ti+3]. The predicted octanol–water partition coefficient (Wildman–Crippen LogP) is -3.27. The third-order valence-electron chi connectivity index (χ3n) is 1.52. The minimum Gasteiger partial charge on any atom is -1.00 e. The van der Waals surface area contributed by atoms with Crippen LogP contribution in [0, 0.1) is 12.0 Å². The van der Waals surface area contributed by atoms with E-state index in [1.807, 2.05) is 0 Å². The Balaban J connectivity index is -0.000000270. The summed E-state index contributed by atoms with van der Waals surface area (Å²) in [7, 11) is 0. The van der Waals surface area contributed by atoms with Crippen LogP contribution in [0.25, 0.3) is 0 Å². The van der Waals surface area contributed by atoms with E-state index in [4.69, 9.17) is 0 Å². The summed E-state index contributed by atoms with van der Waals surface area (Å²) in [6, 6.07) is 0. The van der Waals surface area contributed by atoms with Gasteiger partial charge in [0.15, 0.2) is 0 Å². The first-order chi connectivity index (χ1) is 4.33. The van der Waals surface area contributed by atoms with E-state index in [9.17, 15) is 0 Å². The molecule has 0 aromatic rings. The molecule has 0 amide bonds. The number of allylic oxidation sites excluding steroid dienone is 4. The molecule has 0 aromatic heterocycles. The molecule has 3 heteroatoms. The van der Waals surface area contributed by atoms with E-state index in [-0.39, 0.29) is 46.5 Å². The largest absolute Gasteiger partial charge is 3.00 e. The Labute approximate surface area is 103 Å². The van der Waals surface area contributed by atoms with Crippen LogP contribution in [0.5, 0.6) is 0 Å². The van der Waals surface area contributed by atoms with Crippen molar-refractivity contribution in [2.24, 2.45) is 5.92 Å². The molecule has 12 heavy (non-hydrogen) atoms. The Morgan fingerprint density at radius 2 is 2.00 bits per heavy atom. The van der Waals surface area contributed by atoms with Crippen LogP contribution in [-0.4, -0.2) is 0 Å². The van der Waals surface area contributed by atoms with Gasteiger partial charge < -0.3 is 24.8 Å². The van der Waals surface area contributed by atoms with E-state index in [2.05, 4.69) is 32.1 Å². The van der Waals surface area contributed by atoms with E-state index in [1.54, 1.807) is 0 Å². The number of rotatable bonds is 2. The Kier molecular flexibility index (Phi) is 15.2. The smallest absolute Gasteiger partial charge is 1.00 e. The molecule has 1 unspecified atom stereocenters. The molecule has 0 nitrogen and oxygen atoms in total. The summed E-state index contributed by atoms with van der Waals surface area (Å²) in [6.07, 6.45) is 10.2. The zero-order chi connectivity index (χ0) is 6.69. The van der Waals surface area contributed by atoms with E-state index in [1.165, 1.54) is 18.4 Å². The Morgan fingerprint density at radius 3 is 2.33 bits per heavy atom. The van der Waals surface area contributed by atoms with Gasteiger partial charge >= 0.3 is 21.7 Å². The maximum absolute atomic E-state index is 3.36. The van der Waals surface area contributed by atoms with Gasteiger partial charge in [0, 0.05) is 0 Å². The van der Waals surface area contributed by atoms with Crippen molar-refractivity contribution in [3.63, 3.8) is 0 Å². The number of halogens is 2. The summed E-state index contributed by atoms with van der Waals surface area (Å²) in [5.74, 6) is 0.562. The maximum Gasteiger partial charge on any atom is 3.00 e. The third kappa shape index (κ3) is 6.31. The van der Waals surface area contributed by atoms with Crippen molar-refractivity contribution in [1.29, 1.82) is 0 Å². The first kappa shape index (κ1) is 18.5. The molecule has 1 aliphatic carbocycles. The molecule has 1 aliphatic rings. The summed E-state index contributed by atoms with van der Waals surface area (Å²) < 4.78 is 0. The average molecular weight is 240 g/mol. The molecule has 67 valence electrons. The number of hydrogen-bond acceptors (Lipinski definition) is 0. The van der Waals surface area contributed by atoms with E-state index in [0.717, 1.165) is 0 Å². The van der Waals surface area contributed by atoms with Gasteiger partial charge in [-0.2, -0.15) is 6.08 Å². The third-order valence-corrected chi connectivity index (χ3v) is 1.52. The minimum atomic E-state index is 0. The van der Waals surface area contributed by atoms with Crippen LogP contribution in [0.2, 0.25) is 0 Å². The number of hydrogen-bond donors (Lipinski definition) is 0. The fourth-order valence-electron chi connectivity index (χ4n) is 1.07. The van der Waals surface area contributed by atoms with Crippen LogP contribution in [0.3, 0.4) is 0 Å². The second-order valence-corrected chi connectivity index (χ2v) is 2.57. The van der Waals surface area contributed by atoms with Gasteiger partial charge in [-0.25, -0.2) is 11.6 Å². The summed E-state index contributed by atoms with van der Waals surface area (Å²) >= 11 is 0. The molecule has 1 radical (unpaired) electrons. The van der Waals surface area contributed by atoms with Crippen molar-refractivity contribution in [1.82, 2.24) is 0 Å². The van der Waals surface area contributed by atoms with Crippen LogP contribution in [0.15, 0.2) is 17.7 Å². The van der Waals surface area contributed by atoms with Crippen LogP contribution in [-0.2, 0) is 21.7 Å². The first-order valence-corrected chi connectivity index (χ1v) is 3.63. The van der Waals surface area contributed by atoms with E-state index < -0.39 is 0 Å². The monoisotopic (exact) mass is 239 g/mol. The van der Waals surface area contributed by atoms with Crippen molar-refractivity contribution in [2.45, 2.75) is 26.7 Å². The van der Waals surface area contributed by atoms with Crippen molar-refractivity contribution in [3.8, 4) is 0 Å². The van der Waals surface area contributed by atoms with Crippen molar-refractivity contribution >= 4 is 0 Å². The Bertz CT molecular complexity index is 153. The van der Waals surface area contributed by atoms with Gasteiger partial charge in [-0.15, -0.1) is 0 Å². The van der Waals surface area contributed by atoms with Gasteiger partial charge in [-0.3, -0.25) is 6.08 Å². The molecule has 0 aliphatic heterocycles. The van der Waals surface area contributed by atoms with Gasteiger partial charge in [0.1, 0.15) is 0 Å². The van der Waals surface area contributed by atoms with Gasteiger partial charge in [0.2, 0.25) is 0 Å². The zero-order valence-electron chi connectivity index (χ0n) is 7.40. The van der Waals surface area contributed by atoms with Gasteiger partial charge in [-0.1, -0.05) is 32.6 Å². The second-order valence-electron chi connectivity index (χ2n) is 2.57. The maximum atomic E-state index is 3.36.